The minimum Gasteiger partial charge on any atom is -0.411 e. The van der Waals surface area contributed by atoms with Gasteiger partial charge in [0.2, 0.25) is 0 Å². The van der Waals surface area contributed by atoms with Crippen LogP contribution in [-0.4, -0.2) is 22.1 Å². The number of hydrogen-bond acceptors (Lipinski definition) is 3. The third kappa shape index (κ3) is 2.16. The van der Waals surface area contributed by atoms with Crippen molar-refractivity contribution in [1.29, 1.82) is 0 Å². The predicted octanol–water partition coefficient (Wildman–Crippen LogP) is 4.78. The van der Waals surface area contributed by atoms with Crippen LogP contribution in [0.25, 0.3) is 0 Å². The molecular formula is C21H33NO2. The van der Waals surface area contributed by atoms with Crippen LogP contribution in [0, 0.1) is 34.5 Å². The topological polar surface area (TPSA) is 52.8 Å². The largest absolute Gasteiger partial charge is 0.411 e. The van der Waals surface area contributed by atoms with E-state index >= 15 is 0 Å². The van der Waals surface area contributed by atoms with Gasteiger partial charge in [-0.3, -0.25) is 0 Å². The van der Waals surface area contributed by atoms with Crippen LogP contribution < -0.4 is 0 Å². The smallest absolute Gasteiger partial charge is 0.0577 e. The lowest BCUT2D eigenvalue weighted by atomic mass is 9.47. The number of hydrogen-bond donors (Lipinski definition) is 2. The van der Waals surface area contributed by atoms with Gasteiger partial charge in [0.1, 0.15) is 0 Å². The second-order valence-corrected chi connectivity index (χ2v) is 9.57. The number of fused-ring (bicyclic) bond motifs is 5. The monoisotopic (exact) mass is 331 g/mol. The molecule has 0 amide bonds. The molecule has 4 aliphatic rings. The Hall–Kier alpha value is -0.830. The molecule has 7 atom stereocenters. The first-order valence-electron chi connectivity index (χ1n) is 9.96. The zero-order valence-electron chi connectivity index (χ0n) is 15.5. The second-order valence-electron chi connectivity index (χ2n) is 9.57. The Bertz CT molecular complexity index is 582. The van der Waals surface area contributed by atoms with E-state index in [4.69, 9.17) is 0 Å². The fourth-order valence-electron chi connectivity index (χ4n) is 7.40. The summed E-state index contributed by atoms with van der Waals surface area (Å²) in [5, 5.41) is 23.0. The average Bonchev–Trinajstić information content (AvgIpc) is 2.92. The third-order valence-corrected chi connectivity index (χ3v) is 8.74. The summed E-state index contributed by atoms with van der Waals surface area (Å²) < 4.78 is 0. The molecule has 3 heteroatoms. The molecule has 0 heterocycles. The highest BCUT2D eigenvalue weighted by Crippen LogP contribution is 2.66. The molecule has 0 radical (unpaired) electrons. The van der Waals surface area contributed by atoms with E-state index in [0.29, 0.717) is 16.7 Å². The molecule has 0 bridgehead atoms. The Morgan fingerprint density at radius 1 is 1.12 bits per heavy atom. The summed E-state index contributed by atoms with van der Waals surface area (Å²) in [5.74, 6) is 2.79. The van der Waals surface area contributed by atoms with Crippen LogP contribution in [0.1, 0.15) is 72.1 Å². The highest BCUT2D eigenvalue weighted by atomic mass is 16.4. The number of allylic oxidation sites excluding steroid dienone is 1. The van der Waals surface area contributed by atoms with E-state index in [0.717, 1.165) is 42.7 Å². The van der Waals surface area contributed by atoms with Crippen LogP contribution in [0.15, 0.2) is 16.8 Å². The van der Waals surface area contributed by atoms with E-state index < -0.39 is 0 Å². The van der Waals surface area contributed by atoms with Crippen LogP contribution in [0.4, 0.5) is 0 Å². The zero-order chi connectivity index (χ0) is 17.1. The van der Waals surface area contributed by atoms with E-state index in [-0.39, 0.29) is 6.10 Å². The molecule has 4 unspecified atom stereocenters. The van der Waals surface area contributed by atoms with Crippen LogP contribution in [0.5, 0.6) is 0 Å². The first kappa shape index (κ1) is 16.6. The van der Waals surface area contributed by atoms with Gasteiger partial charge in [-0.05, 0) is 86.9 Å². The van der Waals surface area contributed by atoms with Gasteiger partial charge >= 0.3 is 0 Å². The van der Waals surface area contributed by atoms with Gasteiger partial charge in [0, 0.05) is 5.92 Å². The molecular weight excluding hydrogens is 298 g/mol. The summed E-state index contributed by atoms with van der Waals surface area (Å²) in [7, 11) is 0. The lowest BCUT2D eigenvalue weighted by Gasteiger charge is -2.58. The van der Waals surface area contributed by atoms with Crippen molar-refractivity contribution in [2.45, 2.75) is 78.2 Å². The van der Waals surface area contributed by atoms with Crippen molar-refractivity contribution < 1.29 is 10.3 Å². The molecule has 24 heavy (non-hydrogen) atoms. The van der Waals surface area contributed by atoms with E-state index in [2.05, 4.69) is 25.1 Å². The Morgan fingerprint density at radius 2 is 1.92 bits per heavy atom. The van der Waals surface area contributed by atoms with Crippen LogP contribution in [-0.2, 0) is 0 Å². The summed E-state index contributed by atoms with van der Waals surface area (Å²) in [6, 6.07) is 0. The van der Waals surface area contributed by atoms with Gasteiger partial charge < -0.3 is 10.3 Å². The van der Waals surface area contributed by atoms with Crippen molar-refractivity contribution in [1.82, 2.24) is 0 Å². The fraction of sp³-hybridized carbons (Fsp3) is 0.857. The fourth-order valence-corrected chi connectivity index (χ4v) is 7.40. The Balaban J connectivity index is 1.65. The van der Waals surface area contributed by atoms with Crippen molar-refractivity contribution in [3.05, 3.63) is 11.6 Å². The van der Waals surface area contributed by atoms with Crippen molar-refractivity contribution in [2.24, 2.45) is 39.7 Å². The first-order valence-corrected chi connectivity index (χ1v) is 9.96. The van der Waals surface area contributed by atoms with Gasteiger partial charge in [-0.15, -0.1) is 0 Å². The number of rotatable bonds is 1. The molecule has 3 nitrogen and oxygen atoms in total. The van der Waals surface area contributed by atoms with Gasteiger partial charge in [-0.1, -0.05) is 30.7 Å². The zero-order valence-corrected chi connectivity index (χ0v) is 15.5. The minimum atomic E-state index is -0.117. The minimum absolute atomic E-state index is 0.117. The van der Waals surface area contributed by atoms with Gasteiger partial charge in [-0.2, -0.15) is 0 Å². The standard InChI is InChI=1S/C21H33NO2/c1-13(22-24)17-6-7-18-16-5-4-14-12-15(23)8-10-20(14,2)19(16)9-11-21(17,18)3/h4,15-19,23-24H,5-12H2,1-3H3/b22-13-/t15-,16?,17?,18?,19?,20-,21+/m0/s1. The maximum Gasteiger partial charge on any atom is 0.0577 e. The summed E-state index contributed by atoms with van der Waals surface area (Å²) in [6.45, 7) is 6.95. The molecule has 0 aromatic heterocycles. The average molecular weight is 332 g/mol. The van der Waals surface area contributed by atoms with Crippen molar-refractivity contribution >= 4 is 5.71 Å². The molecule has 3 saturated carbocycles. The first-order chi connectivity index (χ1) is 11.4. The molecule has 0 aromatic rings. The maximum atomic E-state index is 10.1. The molecule has 4 rings (SSSR count). The Morgan fingerprint density at radius 3 is 2.67 bits per heavy atom. The SMILES string of the molecule is C/C(=N/O)C1CCC2C3CC=C4C[C@@H](O)CC[C@]4(C)C3CC[C@]12C. The molecule has 134 valence electrons. The highest BCUT2D eigenvalue weighted by molar-refractivity contribution is 5.85. The maximum absolute atomic E-state index is 10.1. The summed E-state index contributed by atoms with van der Waals surface area (Å²) in [5.41, 5.74) is 3.13. The second kappa shape index (κ2) is 5.59. The van der Waals surface area contributed by atoms with E-state index in [1.54, 1.807) is 5.57 Å². The van der Waals surface area contributed by atoms with Gasteiger partial charge in [-0.25, -0.2) is 0 Å². The number of aliphatic hydroxyl groups is 1. The molecule has 0 aromatic carbocycles. The lowest BCUT2D eigenvalue weighted by Crippen LogP contribution is -2.50. The normalized spacial score (nSPS) is 51.4. The molecule has 0 saturated heterocycles. The Kier molecular flexibility index (Phi) is 3.87. The summed E-state index contributed by atoms with van der Waals surface area (Å²) in [6.07, 6.45) is 11.7. The lowest BCUT2D eigenvalue weighted by molar-refractivity contribution is -0.0425. The molecule has 2 N–H and O–H groups in total. The van der Waals surface area contributed by atoms with Crippen molar-refractivity contribution in [3.63, 3.8) is 0 Å². The molecule has 4 aliphatic carbocycles. The number of oxime groups is 1. The molecule has 0 aliphatic heterocycles. The van der Waals surface area contributed by atoms with Gasteiger partial charge in [0.15, 0.2) is 0 Å². The van der Waals surface area contributed by atoms with Crippen LogP contribution in [0.2, 0.25) is 0 Å². The summed E-state index contributed by atoms with van der Waals surface area (Å²) >= 11 is 0. The van der Waals surface area contributed by atoms with Crippen molar-refractivity contribution in [2.75, 3.05) is 0 Å². The van der Waals surface area contributed by atoms with Gasteiger partial charge in [0.25, 0.3) is 0 Å². The number of aliphatic hydroxyl groups excluding tert-OH is 1. The van der Waals surface area contributed by atoms with E-state index in [1.165, 1.54) is 32.1 Å². The summed E-state index contributed by atoms with van der Waals surface area (Å²) in [4.78, 5) is 0. The van der Waals surface area contributed by atoms with E-state index in [1.807, 2.05) is 6.92 Å². The molecule has 0 spiro atoms. The van der Waals surface area contributed by atoms with Crippen LogP contribution >= 0.6 is 0 Å². The third-order valence-electron chi connectivity index (χ3n) is 8.74. The van der Waals surface area contributed by atoms with Gasteiger partial charge in [0.05, 0.1) is 11.8 Å². The highest BCUT2D eigenvalue weighted by Gasteiger charge is 2.59. The number of nitrogens with zero attached hydrogens (tertiary/aromatic N) is 1. The Labute approximate surface area is 146 Å². The quantitative estimate of drug-likeness (QED) is 0.314. The molecule has 3 fully saturated rings. The van der Waals surface area contributed by atoms with Crippen LogP contribution in [0.3, 0.4) is 0 Å². The van der Waals surface area contributed by atoms with E-state index in [9.17, 15) is 10.3 Å². The van der Waals surface area contributed by atoms with Crippen molar-refractivity contribution in [3.8, 4) is 0 Å². The predicted molar refractivity (Wildman–Crippen MR) is 96.1 cm³/mol.